The highest BCUT2D eigenvalue weighted by molar-refractivity contribution is 7.03. The second-order valence-corrected chi connectivity index (χ2v) is 34.5. The number of halogens is 6. The number of fused-ring (bicyclic) bond motifs is 16. The Morgan fingerprint density at radius 2 is 0.727 bits per heavy atom. The van der Waals surface area contributed by atoms with E-state index in [0.29, 0.717) is 173 Å². The molecule has 0 spiro atoms. The van der Waals surface area contributed by atoms with Crippen molar-refractivity contribution in [2.45, 2.75) is 126 Å². The lowest BCUT2D eigenvalue weighted by molar-refractivity contribution is 0.464. The number of nitriles is 1. The third-order valence-corrected chi connectivity index (χ3v) is 23.0. The first-order valence-electron chi connectivity index (χ1n) is 37.0. The van der Waals surface area contributed by atoms with E-state index in [2.05, 4.69) is 10.9 Å². The maximum absolute atomic E-state index is 18.1. The van der Waals surface area contributed by atoms with Gasteiger partial charge in [-0.25, -0.2) is 31.2 Å². The molecule has 6 aliphatic rings. The number of hydrogen-bond donors (Lipinski definition) is 0. The Kier molecular flexibility index (Phi) is 14.4. The standard InChI is InChI=1S/C91H71B3F6N6O4/c1-44-25-69-79-71(27-44)105(84-61(97)34-50(35-62(84)98)90(10,11)12)67-41-75-57(39-55(67)93(79)86-82(53-31-47(43-101)17-23-73(53)109-86)103(69)65-21-18-48(32-59(65)95)88(4,5)6)92-58-40-56-68(42-76(58)108-78-30-46(3)29-77(107-75)81(78)92)106(85-63(99)36-51(37-64(85)100)91(13,14)15)72-28-45(2)26-70-80(72)94(56)87-83(54-38-52(102-16)20-24-74(54)110-87)104(70)66-22-19-49(33-60(66)96)89(7,8)9/h17-42H,1-15H3. The summed E-state index contributed by atoms with van der Waals surface area (Å²) in [6.45, 7) is 34.8. The Hall–Kier alpha value is -11.9. The van der Waals surface area contributed by atoms with E-state index in [1.165, 1.54) is 36.4 Å². The number of hydrogen-bond acceptors (Lipinski definition) is 9. The van der Waals surface area contributed by atoms with Gasteiger partial charge in [0.1, 0.15) is 57.2 Å². The molecular formula is C91H71B3F6N6O4. The maximum atomic E-state index is 18.1. The summed E-state index contributed by atoms with van der Waals surface area (Å²) in [4.78, 5) is 10.7. The van der Waals surface area contributed by atoms with Gasteiger partial charge in [-0.05, 0) is 229 Å². The highest BCUT2D eigenvalue weighted by Crippen LogP contribution is 2.54. The van der Waals surface area contributed by atoms with Crippen molar-refractivity contribution in [1.29, 1.82) is 5.26 Å². The predicted molar refractivity (Wildman–Crippen MR) is 431 cm³/mol. The van der Waals surface area contributed by atoms with Crippen LogP contribution in [0.4, 0.5) is 100 Å². The van der Waals surface area contributed by atoms with Gasteiger partial charge in [-0.15, -0.1) is 0 Å². The maximum Gasteiger partial charge on any atom is 0.297 e. The van der Waals surface area contributed by atoms with Gasteiger partial charge < -0.3 is 37.9 Å². The van der Waals surface area contributed by atoms with Crippen molar-refractivity contribution in [3.05, 3.63) is 249 Å². The van der Waals surface area contributed by atoms with E-state index in [1.54, 1.807) is 58.3 Å². The first-order valence-corrected chi connectivity index (χ1v) is 37.0. The lowest BCUT2D eigenvalue weighted by Gasteiger charge is -2.44. The average Bonchev–Trinajstić information content (AvgIpc) is 1.24. The van der Waals surface area contributed by atoms with Gasteiger partial charge in [-0.3, -0.25) is 0 Å². The van der Waals surface area contributed by atoms with Gasteiger partial charge in [0, 0.05) is 62.5 Å². The number of ether oxygens (including phenoxy) is 2. The lowest BCUT2D eigenvalue weighted by Crippen LogP contribution is -2.65. The van der Waals surface area contributed by atoms with E-state index >= 15 is 26.3 Å². The minimum absolute atomic E-state index is 0.173. The zero-order valence-electron chi connectivity index (χ0n) is 63.3. The first kappa shape index (κ1) is 68.6. The molecule has 540 valence electrons. The normalized spacial score (nSPS) is 14.2. The molecule has 0 aliphatic carbocycles. The molecular weight excluding hydrogens is 1390 g/mol. The zero-order chi connectivity index (χ0) is 77.1. The molecule has 13 aromatic rings. The molecule has 0 fully saturated rings. The van der Waals surface area contributed by atoms with E-state index in [1.807, 2.05) is 186 Å². The van der Waals surface area contributed by atoms with Gasteiger partial charge in [-0.1, -0.05) is 113 Å². The zero-order valence-corrected chi connectivity index (χ0v) is 63.3. The van der Waals surface area contributed by atoms with Crippen LogP contribution < -0.4 is 78.6 Å². The topological polar surface area (TPSA) is 85.9 Å². The van der Waals surface area contributed by atoms with E-state index in [0.717, 1.165) is 16.7 Å². The molecule has 6 aliphatic heterocycles. The van der Waals surface area contributed by atoms with E-state index in [4.69, 9.17) is 24.9 Å². The van der Waals surface area contributed by atoms with E-state index in [-0.39, 0.29) is 22.7 Å². The first-order chi connectivity index (χ1) is 52.1. The Bertz CT molecular complexity index is 6030. The van der Waals surface area contributed by atoms with Crippen LogP contribution in [-0.4, -0.2) is 20.1 Å². The number of rotatable bonds is 4. The SMILES string of the molecule is [C-]#[N+]c1ccc2oc3c(c2c1)N(c1ccc(C(C)(C)C)cc1F)c1cc(C)cc2c1B3c1cc3c(cc1N2c1c(F)cc(C(C)(C)C)cc1F)Oc1cc(C)cc2c1B3c1cc3c(cc1O2)N(c1c(F)cc(C(C)(C)C)cc1F)c1cc(C)cc2c1B3c1oc3ccc(C#N)cc3c1N2c1ccc(C(C)(C)C)cc1F. The molecule has 0 unspecified atom stereocenters. The quantitative estimate of drug-likeness (QED) is 0.0971. The summed E-state index contributed by atoms with van der Waals surface area (Å²) in [7, 11) is 0. The monoisotopic (exact) mass is 1460 g/mol. The number of benzene rings is 11. The van der Waals surface area contributed by atoms with Crippen molar-refractivity contribution >= 4 is 166 Å². The van der Waals surface area contributed by atoms with Crippen molar-refractivity contribution in [1.82, 2.24) is 0 Å². The van der Waals surface area contributed by atoms with Crippen LogP contribution in [0, 0.1) is 73.6 Å². The number of furan rings is 2. The summed E-state index contributed by atoms with van der Waals surface area (Å²) >= 11 is 0. The summed E-state index contributed by atoms with van der Waals surface area (Å²) < 4.78 is 137. The molecule has 0 amide bonds. The molecule has 2 aromatic heterocycles. The smallest absolute Gasteiger partial charge is 0.297 e. The van der Waals surface area contributed by atoms with Crippen LogP contribution in [0.25, 0.3) is 26.8 Å². The van der Waals surface area contributed by atoms with Crippen LogP contribution in [0.2, 0.25) is 0 Å². The van der Waals surface area contributed by atoms with Crippen LogP contribution >= 0.6 is 0 Å². The van der Waals surface area contributed by atoms with Gasteiger partial charge in [0.25, 0.3) is 20.1 Å². The van der Waals surface area contributed by atoms with Crippen LogP contribution in [0.5, 0.6) is 23.0 Å². The van der Waals surface area contributed by atoms with E-state index in [9.17, 15) is 5.26 Å². The summed E-state index contributed by atoms with van der Waals surface area (Å²) in [5.74, 6) is -2.88. The third-order valence-electron chi connectivity index (χ3n) is 23.0. The van der Waals surface area contributed by atoms with Gasteiger partial charge in [0.05, 0.1) is 52.3 Å². The Balaban J connectivity index is 0.910. The molecule has 110 heavy (non-hydrogen) atoms. The predicted octanol–water partition coefficient (Wildman–Crippen LogP) is 19.4. The van der Waals surface area contributed by atoms with Crippen molar-refractivity contribution in [2.75, 3.05) is 19.6 Å². The Labute approximate surface area is 634 Å². The van der Waals surface area contributed by atoms with Gasteiger partial charge in [0.15, 0.2) is 29.0 Å². The van der Waals surface area contributed by atoms with Gasteiger partial charge in [0.2, 0.25) is 0 Å². The van der Waals surface area contributed by atoms with Crippen LogP contribution in [-0.2, 0) is 21.7 Å². The number of anilines is 12. The Morgan fingerprint density at radius 1 is 0.355 bits per heavy atom. The molecule has 0 atom stereocenters. The lowest BCUT2D eigenvalue weighted by atomic mass is 9.30. The average molecular weight is 1460 g/mol. The minimum atomic E-state index is -0.907. The van der Waals surface area contributed by atoms with Gasteiger partial charge >= 0.3 is 0 Å². The van der Waals surface area contributed by atoms with E-state index < -0.39 is 76.7 Å². The van der Waals surface area contributed by atoms with Crippen LogP contribution in [0.1, 0.15) is 128 Å². The molecule has 8 heterocycles. The second-order valence-electron chi connectivity index (χ2n) is 34.5. The minimum Gasteiger partial charge on any atom is -0.468 e. The fourth-order valence-corrected chi connectivity index (χ4v) is 17.7. The molecule has 0 bridgehead atoms. The summed E-state index contributed by atoms with van der Waals surface area (Å²) in [6, 6.07) is 47.7. The largest absolute Gasteiger partial charge is 0.468 e. The molecule has 19 heteroatoms. The summed E-state index contributed by atoms with van der Waals surface area (Å²) in [5, 5.41) is 11.6. The molecule has 0 radical (unpaired) electrons. The van der Waals surface area contributed by atoms with Gasteiger partial charge in [-0.2, -0.15) is 5.26 Å². The van der Waals surface area contributed by atoms with Crippen molar-refractivity contribution in [3.8, 4) is 29.1 Å². The molecule has 10 nitrogen and oxygen atoms in total. The van der Waals surface area contributed by atoms with Crippen molar-refractivity contribution < 1.29 is 44.7 Å². The highest BCUT2D eigenvalue weighted by Gasteiger charge is 2.54. The summed E-state index contributed by atoms with van der Waals surface area (Å²) in [5.41, 5.74) is 11.5. The molecule has 0 N–H and O–H groups in total. The number of aryl methyl sites for hydroxylation is 3. The van der Waals surface area contributed by atoms with Crippen LogP contribution in [0.3, 0.4) is 0 Å². The van der Waals surface area contributed by atoms with Crippen molar-refractivity contribution in [3.63, 3.8) is 0 Å². The number of nitrogens with zero attached hydrogens (tertiary/aromatic N) is 6. The molecule has 0 saturated heterocycles. The molecule has 11 aromatic carbocycles. The fourth-order valence-electron chi connectivity index (χ4n) is 17.7. The van der Waals surface area contributed by atoms with Crippen molar-refractivity contribution in [2.24, 2.45) is 0 Å². The fraction of sp³-hybridized carbons (Fsp3) is 0.209. The molecule has 0 saturated carbocycles. The molecule has 19 rings (SSSR count). The summed E-state index contributed by atoms with van der Waals surface area (Å²) in [6.07, 6.45) is 0. The highest BCUT2D eigenvalue weighted by atomic mass is 19.2. The second kappa shape index (κ2) is 23.1. The third kappa shape index (κ3) is 9.90. The van der Waals surface area contributed by atoms with Crippen LogP contribution in [0.15, 0.2) is 167 Å². The Morgan fingerprint density at radius 3 is 1.11 bits per heavy atom.